The number of piperazine rings is 1. The summed E-state index contributed by atoms with van der Waals surface area (Å²) in [5, 5.41) is 0. The summed E-state index contributed by atoms with van der Waals surface area (Å²) in [7, 11) is 1.67. The van der Waals surface area contributed by atoms with Crippen molar-refractivity contribution >= 4 is 11.6 Å². The number of nitrogens with one attached hydrogen (secondary N) is 2. The summed E-state index contributed by atoms with van der Waals surface area (Å²) in [6.07, 6.45) is 4.35. The molecule has 7 nitrogen and oxygen atoms in total. The van der Waals surface area contributed by atoms with Gasteiger partial charge in [0.15, 0.2) is 0 Å². The highest BCUT2D eigenvalue weighted by atomic mass is 16.5. The van der Waals surface area contributed by atoms with Crippen LogP contribution in [0.2, 0.25) is 0 Å². The van der Waals surface area contributed by atoms with Gasteiger partial charge in [-0.05, 0) is 42.3 Å². The van der Waals surface area contributed by atoms with E-state index in [0.29, 0.717) is 0 Å². The lowest BCUT2D eigenvalue weighted by Gasteiger charge is -2.37. The fourth-order valence-corrected chi connectivity index (χ4v) is 3.72. The van der Waals surface area contributed by atoms with Crippen molar-refractivity contribution < 1.29 is 9.53 Å². The number of pyridine rings is 1. The van der Waals surface area contributed by atoms with E-state index in [-0.39, 0.29) is 18.0 Å². The first-order chi connectivity index (χ1) is 13.2. The molecule has 2 unspecified atom stereocenters. The summed E-state index contributed by atoms with van der Waals surface area (Å²) >= 11 is 0. The molecule has 7 heteroatoms. The molecule has 4 rings (SSSR count). The normalized spacial score (nSPS) is 22.7. The number of nitrogens with zero attached hydrogens (tertiary/aromatic N) is 3. The quantitative estimate of drug-likeness (QED) is 0.850. The number of benzene rings is 1. The number of aromatic nitrogens is 1. The van der Waals surface area contributed by atoms with Gasteiger partial charge in [-0.25, -0.2) is 10.9 Å². The van der Waals surface area contributed by atoms with E-state index < -0.39 is 0 Å². The summed E-state index contributed by atoms with van der Waals surface area (Å²) in [5.74, 6) is 1.03. The molecule has 2 aliphatic heterocycles. The second-order valence-electron chi connectivity index (χ2n) is 6.93. The molecule has 2 aromatic rings. The van der Waals surface area contributed by atoms with Crippen LogP contribution in [0.15, 0.2) is 48.8 Å². The fraction of sp³-hybridized carbons (Fsp3) is 0.400. The van der Waals surface area contributed by atoms with Crippen molar-refractivity contribution in [3.8, 4) is 5.75 Å². The molecule has 3 heterocycles. The van der Waals surface area contributed by atoms with Gasteiger partial charge in [-0.1, -0.05) is 6.07 Å². The Morgan fingerprint density at radius 2 is 1.89 bits per heavy atom. The van der Waals surface area contributed by atoms with E-state index in [9.17, 15) is 4.79 Å². The largest absolute Gasteiger partial charge is 0.497 e. The van der Waals surface area contributed by atoms with Gasteiger partial charge in [-0.15, -0.1) is 0 Å². The molecule has 2 atom stereocenters. The average Bonchev–Trinajstić information content (AvgIpc) is 3.24. The first kappa shape index (κ1) is 17.8. The highest BCUT2D eigenvalue weighted by Crippen LogP contribution is 2.24. The second-order valence-corrected chi connectivity index (χ2v) is 6.93. The number of methoxy groups -OCH3 is 1. The smallest absolute Gasteiger partial charge is 0.241 e. The lowest BCUT2D eigenvalue weighted by Crippen LogP contribution is -2.53. The van der Waals surface area contributed by atoms with Gasteiger partial charge in [0.2, 0.25) is 5.91 Å². The van der Waals surface area contributed by atoms with Crippen LogP contribution in [0, 0.1) is 0 Å². The zero-order valence-corrected chi connectivity index (χ0v) is 15.5. The predicted molar refractivity (Wildman–Crippen MR) is 103 cm³/mol. The number of amides is 1. The molecule has 2 saturated heterocycles. The molecule has 0 aliphatic carbocycles. The molecule has 0 saturated carbocycles. The highest BCUT2D eigenvalue weighted by molar-refractivity contribution is 5.82. The summed E-state index contributed by atoms with van der Waals surface area (Å²) in [6, 6.07) is 12.0. The van der Waals surface area contributed by atoms with Crippen LogP contribution >= 0.6 is 0 Å². The van der Waals surface area contributed by atoms with E-state index in [2.05, 4.69) is 32.9 Å². The van der Waals surface area contributed by atoms with Gasteiger partial charge < -0.3 is 14.5 Å². The third-order valence-electron chi connectivity index (χ3n) is 5.32. The van der Waals surface area contributed by atoms with Gasteiger partial charge in [-0.3, -0.25) is 9.78 Å². The molecule has 0 radical (unpaired) electrons. The van der Waals surface area contributed by atoms with Gasteiger partial charge in [-0.2, -0.15) is 0 Å². The van der Waals surface area contributed by atoms with Gasteiger partial charge >= 0.3 is 0 Å². The number of carbonyl (C=O) groups excluding carboxylic acids is 1. The lowest BCUT2D eigenvalue weighted by atomic mass is 10.0. The van der Waals surface area contributed by atoms with Crippen LogP contribution in [0.5, 0.6) is 5.75 Å². The Balaban J connectivity index is 1.31. The van der Waals surface area contributed by atoms with E-state index in [1.807, 2.05) is 35.4 Å². The number of carbonyl (C=O) groups is 1. The molecular formula is C20H25N5O2. The molecular weight excluding hydrogens is 342 g/mol. The summed E-state index contributed by atoms with van der Waals surface area (Å²) in [5.41, 5.74) is 8.66. The molecule has 0 spiro atoms. The number of hydrogen-bond acceptors (Lipinski definition) is 6. The minimum Gasteiger partial charge on any atom is -0.497 e. The number of rotatable bonds is 4. The maximum Gasteiger partial charge on any atom is 0.241 e. The lowest BCUT2D eigenvalue weighted by molar-refractivity contribution is -0.133. The van der Waals surface area contributed by atoms with Crippen molar-refractivity contribution in [2.45, 2.75) is 18.5 Å². The van der Waals surface area contributed by atoms with Gasteiger partial charge in [0, 0.05) is 50.3 Å². The van der Waals surface area contributed by atoms with E-state index in [1.165, 1.54) is 5.69 Å². The Morgan fingerprint density at radius 3 is 2.56 bits per heavy atom. The Kier molecular flexibility index (Phi) is 5.22. The van der Waals surface area contributed by atoms with Crippen molar-refractivity contribution in [2.75, 3.05) is 38.2 Å². The molecule has 1 amide bonds. The maximum atomic E-state index is 12.9. The topological polar surface area (TPSA) is 69.7 Å². The van der Waals surface area contributed by atoms with E-state index in [1.54, 1.807) is 13.3 Å². The molecule has 0 bridgehead atoms. The van der Waals surface area contributed by atoms with Crippen molar-refractivity contribution in [1.29, 1.82) is 0 Å². The molecule has 2 fully saturated rings. The number of ether oxygens (including phenoxy) is 1. The van der Waals surface area contributed by atoms with Crippen LogP contribution in [0.4, 0.5) is 5.69 Å². The Bertz CT molecular complexity index is 760. The molecule has 2 aliphatic rings. The number of hydrazine groups is 1. The highest BCUT2D eigenvalue weighted by Gasteiger charge is 2.34. The van der Waals surface area contributed by atoms with Crippen molar-refractivity contribution in [2.24, 2.45) is 0 Å². The first-order valence-electron chi connectivity index (χ1n) is 9.33. The number of anilines is 1. The molecule has 2 N–H and O–H groups in total. The zero-order chi connectivity index (χ0) is 18.6. The first-order valence-corrected chi connectivity index (χ1v) is 9.33. The van der Waals surface area contributed by atoms with Gasteiger partial charge in [0.25, 0.3) is 0 Å². The Labute approximate surface area is 159 Å². The third-order valence-corrected chi connectivity index (χ3v) is 5.32. The fourth-order valence-electron chi connectivity index (χ4n) is 3.72. The monoisotopic (exact) mass is 367 g/mol. The van der Waals surface area contributed by atoms with Crippen LogP contribution in [-0.2, 0) is 4.79 Å². The SMILES string of the molecule is COc1ccc(N2CCN(C(=O)C3CC(c4cccnc4)NN3)CC2)cc1. The van der Waals surface area contributed by atoms with Crippen LogP contribution < -0.4 is 20.5 Å². The van der Waals surface area contributed by atoms with Gasteiger partial charge in [0.1, 0.15) is 11.8 Å². The Morgan fingerprint density at radius 1 is 1.11 bits per heavy atom. The Hall–Kier alpha value is -2.64. The zero-order valence-electron chi connectivity index (χ0n) is 15.5. The van der Waals surface area contributed by atoms with Crippen LogP contribution in [0.1, 0.15) is 18.0 Å². The van der Waals surface area contributed by atoms with E-state index >= 15 is 0 Å². The van der Waals surface area contributed by atoms with Crippen molar-refractivity contribution in [3.63, 3.8) is 0 Å². The van der Waals surface area contributed by atoms with E-state index in [4.69, 9.17) is 4.74 Å². The van der Waals surface area contributed by atoms with Crippen LogP contribution in [0.25, 0.3) is 0 Å². The number of hydrogen-bond donors (Lipinski definition) is 2. The molecule has 142 valence electrons. The average molecular weight is 367 g/mol. The summed E-state index contributed by atoms with van der Waals surface area (Å²) < 4.78 is 5.21. The third kappa shape index (κ3) is 3.89. The standard InChI is InChI=1S/C20H25N5O2/c1-27-17-6-4-16(5-7-17)24-9-11-25(12-10-24)20(26)19-13-18(22-23-19)15-3-2-8-21-14-15/h2-8,14,18-19,22-23H,9-13H2,1H3. The van der Waals surface area contributed by atoms with Crippen molar-refractivity contribution in [3.05, 3.63) is 54.4 Å². The molecule has 1 aromatic heterocycles. The summed E-state index contributed by atoms with van der Waals surface area (Å²) in [6.45, 7) is 3.15. The maximum absolute atomic E-state index is 12.9. The van der Waals surface area contributed by atoms with Gasteiger partial charge in [0.05, 0.1) is 7.11 Å². The van der Waals surface area contributed by atoms with Crippen molar-refractivity contribution in [1.82, 2.24) is 20.7 Å². The minimum atomic E-state index is -0.192. The summed E-state index contributed by atoms with van der Waals surface area (Å²) in [4.78, 5) is 21.3. The van der Waals surface area contributed by atoms with Crippen LogP contribution in [-0.4, -0.2) is 55.1 Å². The molecule has 27 heavy (non-hydrogen) atoms. The second kappa shape index (κ2) is 7.94. The minimum absolute atomic E-state index is 0.119. The molecule has 1 aromatic carbocycles. The van der Waals surface area contributed by atoms with Crippen LogP contribution in [0.3, 0.4) is 0 Å². The van der Waals surface area contributed by atoms with E-state index in [0.717, 1.165) is 43.9 Å². The predicted octanol–water partition coefficient (Wildman–Crippen LogP) is 1.35.